The second-order valence-electron chi connectivity index (χ2n) is 7.38. The van der Waals surface area contributed by atoms with Gasteiger partial charge >= 0.3 is 5.97 Å². The van der Waals surface area contributed by atoms with Gasteiger partial charge in [-0.3, -0.25) is 14.4 Å². The van der Waals surface area contributed by atoms with Crippen molar-refractivity contribution in [3.05, 3.63) is 59.2 Å². The molecule has 0 radical (unpaired) electrons. The van der Waals surface area contributed by atoms with E-state index in [1.165, 1.54) is 6.92 Å². The molecule has 0 aromatic heterocycles. The Bertz CT molecular complexity index is 1020. The number of ether oxygens (including phenoxy) is 1. The van der Waals surface area contributed by atoms with Crippen LogP contribution in [0.25, 0.3) is 0 Å². The Morgan fingerprint density at radius 3 is 2.57 bits per heavy atom. The molecule has 1 aliphatic heterocycles. The SMILES string of the molecule is Cc1cccc(N2C[C@H](C(=O)O[C@@H](C)C(=O)Nc3ccc(C#N)cc3)CC2=O)c1C. The van der Waals surface area contributed by atoms with Crippen LogP contribution in [0.2, 0.25) is 0 Å². The van der Waals surface area contributed by atoms with Crippen molar-refractivity contribution < 1.29 is 19.1 Å². The predicted octanol–water partition coefficient (Wildman–Crippen LogP) is 3.10. The molecule has 3 rings (SSSR count). The summed E-state index contributed by atoms with van der Waals surface area (Å²) < 4.78 is 5.32. The molecule has 2 aromatic carbocycles. The second-order valence-corrected chi connectivity index (χ2v) is 7.38. The van der Waals surface area contributed by atoms with Gasteiger partial charge in [-0.25, -0.2) is 0 Å². The number of carbonyl (C=O) groups excluding carboxylic acids is 3. The van der Waals surface area contributed by atoms with Crippen molar-refractivity contribution in [2.75, 3.05) is 16.8 Å². The van der Waals surface area contributed by atoms with Gasteiger partial charge < -0.3 is 15.0 Å². The molecule has 0 aliphatic carbocycles. The van der Waals surface area contributed by atoms with Crippen LogP contribution in [0, 0.1) is 31.1 Å². The van der Waals surface area contributed by atoms with Gasteiger partial charge in [0.05, 0.1) is 17.6 Å². The van der Waals surface area contributed by atoms with Crippen molar-refractivity contribution in [3.8, 4) is 6.07 Å². The van der Waals surface area contributed by atoms with Gasteiger partial charge in [0.15, 0.2) is 6.10 Å². The number of amides is 2. The minimum absolute atomic E-state index is 0.0518. The van der Waals surface area contributed by atoms with E-state index in [1.54, 1.807) is 29.2 Å². The molecule has 154 valence electrons. The minimum atomic E-state index is -1.02. The van der Waals surface area contributed by atoms with Gasteiger partial charge in [-0.15, -0.1) is 0 Å². The monoisotopic (exact) mass is 405 g/mol. The fourth-order valence-electron chi connectivity index (χ4n) is 3.32. The molecule has 1 saturated heterocycles. The molecular formula is C23H23N3O4. The van der Waals surface area contributed by atoms with E-state index >= 15 is 0 Å². The van der Waals surface area contributed by atoms with E-state index in [4.69, 9.17) is 10.00 Å². The molecule has 0 saturated carbocycles. The molecule has 30 heavy (non-hydrogen) atoms. The highest BCUT2D eigenvalue weighted by Gasteiger charge is 2.37. The molecule has 2 amide bonds. The molecule has 7 nitrogen and oxygen atoms in total. The smallest absolute Gasteiger partial charge is 0.312 e. The first-order valence-corrected chi connectivity index (χ1v) is 9.68. The standard InChI is InChI=1S/C23H23N3O4/c1-14-5-4-6-20(15(14)2)26-13-18(11-21(26)27)23(29)30-16(3)22(28)25-19-9-7-17(12-24)8-10-19/h4-10,16,18H,11,13H2,1-3H3,(H,25,28)/t16-,18+/m0/s1. The third kappa shape index (κ3) is 4.49. The summed E-state index contributed by atoms with van der Waals surface area (Å²) in [7, 11) is 0. The number of nitrogens with one attached hydrogen (secondary N) is 1. The summed E-state index contributed by atoms with van der Waals surface area (Å²) in [4.78, 5) is 39.0. The lowest BCUT2D eigenvalue weighted by molar-refractivity contribution is -0.157. The molecular weight excluding hydrogens is 382 g/mol. The topological polar surface area (TPSA) is 99.5 Å². The predicted molar refractivity (Wildman–Crippen MR) is 112 cm³/mol. The average Bonchev–Trinajstić information content (AvgIpc) is 3.12. The Hall–Kier alpha value is -3.66. The molecule has 1 N–H and O–H groups in total. The van der Waals surface area contributed by atoms with Crippen LogP contribution in [-0.2, 0) is 19.1 Å². The number of carbonyl (C=O) groups is 3. The number of nitriles is 1. The summed E-state index contributed by atoms with van der Waals surface area (Å²) in [6, 6.07) is 14.1. The van der Waals surface area contributed by atoms with Crippen molar-refractivity contribution in [2.45, 2.75) is 33.3 Å². The summed E-state index contributed by atoms with van der Waals surface area (Å²) in [5.41, 5.74) is 3.84. The van der Waals surface area contributed by atoms with Crippen molar-refractivity contribution in [1.82, 2.24) is 0 Å². The van der Waals surface area contributed by atoms with Crippen LogP contribution < -0.4 is 10.2 Å². The van der Waals surface area contributed by atoms with Crippen molar-refractivity contribution in [2.24, 2.45) is 5.92 Å². The normalized spacial score (nSPS) is 16.7. The van der Waals surface area contributed by atoms with Gasteiger partial charge in [0.25, 0.3) is 5.91 Å². The van der Waals surface area contributed by atoms with Crippen molar-refractivity contribution >= 4 is 29.2 Å². The van der Waals surface area contributed by atoms with Gasteiger partial charge in [-0.1, -0.05) is 12.1 Å². The number of rotatable bonds is 5. The van der Waals surface area contributed by atoms with E-state index in [-0.39, 0.29) is 18.9 Å². The molecule has 1 aliphatic rings. The van der Waals surface area contributed by atoms with E-state index in [0.717, 1.165) is 16.8 Å². The highest BCUT2D eigenvalue weighted by atomic mass is 16.5. The van der Waals surface area contributed by atoms with Gasteiger partial charge in [0, 0.05) is 24.3 Å². The Labute approximate surface area is 175 Å². The third-order valence-corrected chi connectivity index (χ3v) is 5.27. The van der Waals surface area contributed by atoms with E-state index in [0.29, 0.717) is 11.3 Å². The van der Waals surface area contributed by atoms with Crippen LogP contribution >= 0.6 is 0 Å². The first-order valence-electron chi connectivity index (χ1n) is 9.68. The molecule has 1 fully saturated rings. The second kappa shape index (κ2) is 8.78. The fourth-order valence-corrected chi connectivity index (χ4v) is 3.32. The lowest BCUT2D eigenvalue weighted by atomic mass is 10.1. The lowest BCUT2D eigenvalue weighted by Gasteiger charge is -2.20. The minimum Gasteiger partial charge on any atom is -0.452 e. The van der Waals surface area contributed by atoms with Crippen LogP contribution in [0.15, 0.2) is 42.5 Å². The molecule has 0 bridgehead atoms. The quantitative estimate of drug-likeness (QED) is 0.771. The number of esters is 1. The Balaban J connectivity index is 1.60. The number of anilines is 2. The maximum absolute atomic E-state index is 12.6. The van der Waals surface area contributed by atoms with Gasteiger partial charge in [0.1, 0.15) is 0 Å². The molecule has 0 unspecified atom stereocenters. The van der Waals surface area contributed by atoms with E-state index in [9.17, 15) is 14.4 Å². The first kappa shape index (κ1) is 21.1. The fraction of sp³-hybridized carbons (Fsp3) is 0.304. The van der Waals surface area contributed by atoms with Gasteiger partial charge in [0.2, 0.25) is 5.91 Å². The van der Waals surface area contributed by atoms with Crippen LogP contribution in [0.3, 0.4) is 0 Å². The van der Waals surface area contributed by atoms with E-state index in [2.05, 4.69) is 5.32 Å². The summed E-state index contributed by atoms with van der Waals surface area (Å²) in [6.07, 6.45) is -0.964. The highest BCUT2D eigenvalue weighted by Crippen LogP contribution is 2.30. The third-order valence-electron chi connectivity index (χ3n) is 5.27. The number of benzene rings is 2. The van der Waals surface area contributed by atoms with Crippen LogP contribution in [-0.4, -0.2) is 30.4 Å². The maximum Gasteiger partial charge on any atom is 0.312 e. The maximum atomic E-state index is 12.6. The van der Waals surface area contributed by atoms with Crippen molar-refractivity contribution in [3.63, 3.8) is 0 Å². The van der Waals surface area contributed by atoms with Crippen LogP contribution in [0.4, 0.5) is 11.4 Å². The summed E-state index contributed by atoms with van der Waals surface area (Å²) in [6.45, 7) is 5.63. The molecule has 2 aromatic rings. The largest absolute Gasteiger partial charge is 0.452 e. The number of hydrogen-bond acceptors (Lipinski definition) is 5. The lowest BCUT2D eigenvalue weighted by Crippen LogP contribution is -2.33. The van der Waals surface area contributed by atoms with Crippen LogP contribution in [0.1, 0.15) is 30.0 Å². The summed E-state index contributed by atoms with van der Waals surface area (Å²) in [5, 5.41) is 11.5. The first-order chi connectivity index (χ1) is 14.3. The zero-order chi connectivity index (χ0) is 21.8. The zero-order valence-electron chi connectivity index (χ0n) is 17.1. The Morgan fingerprint density at radius 1 is 1.20 bits per heavy atom. The number of hydrogen-bond donors (Lipinski definition) is 1. The van der Waals surface area contributed by atoms with Gasteiger partial charge in [-0.2, -0.15) is 5.26 Å². The summed E-state index contributed by atoms with van der Waals surface area (Å²) >= 11 is 0. The molecule has 7 heteroatoms. The highest BCUT2D eigenvalue weighted by molar-refractivity contribution is 6.01. The van der Waals surface area contributed by atoms with Gasteiger partial charge in [-0.05, 0) is 62.2 Å². The number of aryl methyl sites for hydroxylation is 1. The van der Waals surface area contributed by atoms with Crippen molar-refractivity contribution in [1.29, 1.82) is 5.26 Å². The number of nitrogens with zero attached hydrogens (tertiary/aromatic N) is 2. The average molecular weight is 405 g/mol. The summed E-state index contributed by atoms with van der Waals surface area (Å²) in [5.74, 6) is -1.81. The Morgan fingerprint density at radius 2 is 1.90 bits per heavy atom. The Kier molecular flexibility index (Phi) is 6.17. The zero-order valence-corrected chi connectivity index (χ0v) is 17.1. The molecule has 0 spiro atoms. The van der Waals surface area contributed by atoms with E-state index < -0.39 is 23.9 Å². The van der Waals surface area contributed by atoms with E-state index in [1.807, 2.05) is 38.1 Å². The molecule has 1 heterocycles. The molecule has 2 atom stereocenters. The van der Waals surface area contributed by atoms with Crippen LogP contribution in [0.5, 0.6) is 0 Å².